The molecular weight excluding hydrogens is 228 g/mol. The summed E-state index contributed by atoms with van der Waals surface area (Å²) >= 11 is 0. The first-order valence-corrected chi connectivity index (χ1v) is 7.88. The van der Waals surface area contributed by atoms with E-state index in [2.05, 4.69) is 49.4 Å². The molecule has 0 saturated carbocycles. The molecule has 0 aliphatic heterocycles. The molecule has 102 valence electrons. The van der Waals surface area contributed by atoms with E-state index in [4.69, 9.17) is 0 Å². The molecule has 0 aromatic heterocycles. The van der Waals surface area contributed by atoms with Crippen LogP contribution in [0, 0.1) is 0 Å². The second-order valence-electron chi connectivity index (χ2n) is 5.51. The van der Waals surface area contributed by atoms with Crippen LogP contribution in [0.4, 0.5) is 0 Å². The molecule has 0 amide bonds. The van der Waals surface area contributed by atoms with E-state index in [9.17, 15) is 0 Å². The molecule has 0 heterocycles. The third-order valence-corrected chi connectivity index (χ3v) is 3.93. The number of hydrogen-bond donors (Lipinski definition) is 0. The van der Waals surface area contributed by atoms with Gasteiger partial charge in [-0.15, -0.1) is 0 Å². The van der Waals surface area contributed by atoms with Gasteiger partial charge in [0.2, 0.25) is 0 Å². The van der Waals surface area contributed by atoms with E-state index in [1.165, 1.54) is 67.7 Å². The number of aryl methyl sites for hydroxylation is 1. The second-order valence-corrected chi connectivity index (χ2v) is 5.51. The molecule has 0 nitrogen and oxygen atoms in total. The van der Waals surface area contributed by atoms with E-state index in [0.717, 1.165) is 0 Å². The van der Waals surface area contributed by atoms with Crippen LogP contribution in [-0.4, -0.2) is 0 Å². The zero-order chi connectivity index (χ0) is 13.3. The molecule has 0 unspecified atom stereocenters. The van der Waals surface area contributed by atoms with Gasteiger partial charge in [0, 0.05) is 0 Å². The minimum atomic E-state index is 1.23. The number of hydrogen-bond acceptors (Lipinski definition) is 0. The standard InChI is InChI=1S/C19H26/c1-2-3-4-5-6-7-8-12-17-14-11-15-18-13-9-10-16-19(17)18/h9-11,13-16H,2-8,12H2,1H3. The summed E-state index contributed by atoms with van der Waals surface area (Å²) in [6.07, 6.45) is 10.9. The Labute approximate surface area is 117 Å². The Morgan fingerprint density at radius 1 is 0.684 bits per heavy atom. The van der Waals surface area contributed by atoms with Crippen molar-refractivity contribution in [1.29, 1.82) is 0 Å². The highest BCUT2D eigenvalue weighted by Crippen LogP contribution is 2.20. The maximum atomic E-state index is 2.29. The molecule has 2 aromatic rings. The molecule has 2 aromatic carbocycles. The summed E-state index contributed by atoms with van der Waals surface area (Å²) < 4.78 is 0. The molecular formula is C19H26. The highest BCUT2D eigenvalue weighted by molar-refractivity contribution is 5.85. The van der Waals surface area contributed by atoms with Gasteiger partial charge in [0.1, 0.15) is 0 Å². The van der Waals surface area contributed by atoms with Crippen molar-refractivity contribution in [3.05, 3.63) is 48.0 Å². The second kappa shape index (κ2) is 7.99. The fourth-order valence-corrected chi connectivity index (χ4v) is 2.78. The number of benzene rings is 2. The molecule has 0 aliphatic carbocycles. The van der Waals surface area contributed by atoms with Crippen molar-refractivity contribution < 1.29 is 0 Å². The van der Waals surface area contributed by atoms with Crippen LogP contribution >= 0.6 is 0 Å². The Morgan fingerprint density at radius 3 is 2.21 bits per heavy atom. The lowest BCUT2D eigenvalue weighted by molar-refractivity contribution is 0.590. The van der Waals surface area contributed by atoms with Gasteiger partial charge in [-0.05, 0) is 29.2 Å². The lowest BCUT2D eigenvalue weighted by Gasteiger charge is -2.06. The van der Waals surface area contributed by atoms with Gasteiger partial charge in [0.25, 0.3) is 0 Å². The normalized spacial score (nSPS) is 11.0. The molecule has 0 bridgehead atoms. The van der Waals surface area contributed by atoms with E-state index < -0.39 is 0 Å². The summed E-state index contributed by atoms with van der Waals surface area (Å²) in [4.78, 5) is 0. The average Bonchev–Trinajstić information content (AvgIpc) is 2.46. The minimum Gasteiger partial charge on any atom is -0.0654 e. The zero-order valence-electron chi connectivity index (χ0n) is 12.2. The summed E-state index contributed by atoms with van der Waals surface area (Å²) in [5, 5.41) is 2.82. The van der Waals surface area contributed by atoms with E-state index >= 15 is 0 Å². The molecule has 0 radical (unpaired) electrons. The zero-order valence-corrected chi connectivity index (χ0v) is 12.2. The van der Waals surface area contributed by atoms with Crippen molar-refractivity contribution in [1.82, 2.24) is 0 Å². The van der Waals surface area contributed by atoms with Gasteiger partial charge >= 0.3 is 0 Å². The predicted octanol–water partition coefficient (Wildman–Crippen LogP) is 6.13. The lowest BCUT2D eigenvalue weighted by atomic mass is 9.99. The van der Waals surface area contributed by atoms with Crippen LogP contribution in [0.15, 0.2) is 42.5 Å². The number of unbranched alkanes of at least 4 members (excludes halogenated alkanes) is 6. The average molecular weight is 254 g/mol. The Balaban J connectivity index is 1.78. The van der Waals surface area contributed by atoms with Crippen LogP contribution < -0.4 is 0 Å². The Morgan fingerprint density at radius 2 is 1.37 bits per heavy atom. The van der Waals surface area contributed by atoms with Gasteiger partial charge in [-0.25, -0.2) is 0 Å². The topological polar surface area (TPSA) is 0 Å². The molecule has 0 aliphatic rings. The SMILES string of the molecule is CCCCCCCCCc1cccc2ccccc12. The molecule has 0 atom stereocenters. The molecule has 0 N–H and O–H groups in total. The largest absolute Gasteiger partial charge is 0.0654 e. The van der Waals surface area contributed by atoms with Gasteiger partial charge in [-0.2, -0.15) is 0 Å². The van der Waals surface area contributed by atoms with Crippen LogP contribution in [0.1, 0.15) is 57.4 Å². The van der Waals surface area contributed by atoms with E-state index in [-0.39, 0.29) is 0 Å². The molecule has 0 spiro atoms. The van der Waals surface area contributed by atoms with Crippen molar-refractivity contribution >= 4 is 10.8 Å². The quantitative estimate of drug-likeness (QED) is 0.497. The smallest absolute Gasteiger partial charge is 0.0152 e. The lowest BCUT2D eigenvalue weighted by Crippen LogP contribution is -1.88. The van der Waals surface area contributed by atoms with Crippen molar-refractivity contribution in [2.24, 2.45) is 0 Å². The Bertz CT molecular complexity index is 479. The molecule has 0 fully saturated rings. The van der Waals surface area contributed by atoms with Crippen molar-refractivity contribution in [2.45, 2.75) is 58.3 Å². The van der Waals surface area contributed by atoms with Gasteiger partial charge in [-0.3, -0.25) is 0 Å². The first-order chi connectivity index (χ1) is 9.42. The summed E-state index contributed by atoms with van der Waals surface area (Å²) in [5.41, 5.74) is 1.52. The molecule has 19 heavy (non-hydrogen) atoms. The van der Waals surface area contributed by atoms with Crippen LogP contribution in [0.25, 0.3) is 10.8 Å². The molecule has 0 heteroatoms. The molecule has 0 saturated heterocycles. The third kappa shape index (κ3) is 4.38. The van der Waals surface area contributed by atoms with E-state index in [1.54, 1.807) is 0 Å². The van der Waals surface area contributed by atoms with Crippen LogP contribution in [0.2, 0.25) is 0 Å². The first kappa shape index (κ1) is 14.1. The number of rotatable bonds is 8. The summed E-state index contributed by atoms with van der Waals surface area (Å²) in [6.45, 7) is 2.28. The maximum Gasteiger partial charge on any atom is -0.0152 e. The minimum absolute atomic E-state index is 1.23. The van der Waals surface area contributed by atoms with E-state index in [1.807, 2.05) is 0 Å². The van der Waals surface area contributed by atoms with Gasteiger partial charge in [-0.1, -0.05) is 87.9 Å². The van der Waals surface area contributed by atoms with Crippen LogP contribution in [-0.2, 0) is 6.42 Å². The summed E-state index contributed by atoms with van der Waals surface area (Å²) in [6, 6.07) is 15.4. The van der Waals surface area contributed by atoms with Crippen LogP contribution in [0.5, 0.6) is 0 Å². The summed E-state index contributed by atoms with van der Waals surface area (Å²) in [7, 11) is 0. The monoisotopic (exact) mass is 254 g/mol. The third-order valence-electron chi connectivity index (χ3n) is 3.93. The van der Waals surface area contributed by atoms with Crippen molar-refractivity contribution in [3.8, 4) is 0 Å². The predicted molar refractivity (Wildman–Crippen MR) is 85.6 cm³/mol. The van der Waals surface area contributed by atoms with Gasteiger partial charge in [0.15, 0.2) is 0 Å². The van der Waals surface area contributed by atoms with Gasteiger partial charge in [0.05, 0.1) is 0 Å². The van der Waals surface area contributed by atoms with E-state index in [0.29, 0.717) is 0 Å². The maximum absolute atomic E-state index is 2.29. The van der Waals surface area contributed by atoms with Crippen LogP contribution in [0.3, 0.4) is 0 Å². The van der Waals surface area contributed by atoms with Gasteiger partial charge < -0.3 is 0 Å². The highest BCUT2D eigenvalue weighted by Gasteiger charge is 1.99. The molecule has 2 rings (SSSR count). The fraction of sp³-hybridized carbons (Fsp3) is 0.474. The Kier molecular flexibility index (Phi) is 5.94. The highest BCUT2D eigenvalue weighted by atomic mass is 14.0. The first-order valence-electron chi connectivity index (χ1n) is 7.88. The number of fused-ring (bicyclic) bond motifs is 1. The van der Waals surface area contributed by atoms with Crippen molar-refractivity contribution in [2.75, 3.05) is 0 Å². The summed E-state index contributed by atoms with van der Waals surface area (Å²) in [5.74, 6) is 0. The van der Waals surface area contributed by atoms with Crippen molar-refractivity contribution in [3.63, 3.8) is 0 Å². The fourth-order valence-electron chi connectivity index (χ4n) is 2.78. The Hall–Kier alpha value is -1.30.